The number of benzene rings is 1. The lowest BCUT2D eigenvalue weighted by Gasteiger charge is -2.18. The van der Waals surface area contributed by atoms with Crippen LogP contribution in [0.3, 0.4) is 0 Å². The topological polar surface area (TPSA) is 75.3 Å². The number of nitrogens with zero attached hydrogens (tertiary/aromatic N) is 3. The first-order valence-corrected chi connectivity index (χ1v) is 8.71. The zero-order valence-electron chi connectivity index (χ0n) is 15.2. The van der Waals surface area contributed by atoms with E-state index in [-0.39, 0.29) is 24.0 Å². The second kappa shape index (κ2) is 8.35. The highest BCUT2D eigenvalue weighted by Gasteiger charge is 2.19. The number of hydrogen-bond donors (Lipinski definition) is 0. The number of para-hydroxylation sites is 1. The third kappa shape index (κ3) is 4.44. The van der Waals surface area contributed by atoms with E-state index in [2.05, 4.69) is 5.10 Å². The van der Waals surface area contributed by atoms with Crippen molar-refractivity contribution < 1.29 is 14.3 Å². The van der Waals surface area contributed by atoms with Crippen LogP contribution in [0.5, 0.6) is 11.5 Å². The Morgan fingerprint density at radius 3 is 2.63 bits per heavy atom. The molecule has 7 nitrogen and oxygen atoms in total. The number of pyridine rings is 1. The van der Waals surface area contributed by atoms with Crippen LogP contribution >= 0.6 is 0 Å². The van der Waals surface area contributed by atoms with E-state index < -0.39 is 11.4 Å². The van der Waals surface area contributed by atoms with Gasteiger partial charge in [-0.15, -0.1) is 0 Å². The Morgan fingerprint density at radius 2 is 1.96 bits per heavy atom. The van der Waals surface area contributed by atoms with E-state index in [9.17, 15) is 9.59 Å². The fourth-order valence-corrected chi connectivity index (χ4v) is 2.64. The molecule has 0 radical (unpaired) electrons. The van der Waals surface area contributed by atoms with E-state index in [4.69, 9.17) is 9.47 Å². The SMILES string of the molecule is CCOC(=O)c1cn([C@@H](C)Cn2cccn2)cc(Oc2ccccc2)c1=O. The van der Waals surface area contributed by atoms with Crippen LogP contribution in [0.2, 0.25) is 0 Å². The fourth-order valence-electron chi connectivity index (χ4n) is 2.64. The molecule has 0 aliphatic rings. The predicted octanol–water partition coefficient (Wildman–Crippen LogP) is 3.28. The van der Waals surface area contributed by atoms with Gasteiger partial charge in [0.15, 0.2) is 5.75 Å². The van der Waals surface area contributed by atoms with Crippen LogP contribution in [0.4, 0.5) is 0 Å². The van der Waals surface area contributed by atoms with Crippen LogP contribution in [0.15, 0.2) is 66.0 Å². The lowest BCUT2D eigenvalue weighted by atomic mass is 10.2. The molecule has 0 saturated carbocycles. The van der Waals surface area contributed by atoms with Crippen molar-refractivity contribution in [3.05, 3.63) is 77.0 Å². The van der Waals surface area contributed by atoms with Crippen molar-refractivity contribution >= 4 is 5.97 Å². The lowest BCUT2D eigenvalue weighted by Crippen LogP contribution is -2.23. The van der Waals surface area contributed by atoms with Crippen LogP contribution in [0, 0.1) is 0 Å². The largest absolute Gasteiger partial charge is 0.462 e. The summed E-state index contributed by atoms with van der Waals surface area (Å²) in [6.45, 7) is 4.42. The highest BCUT2D eigenvalue weighted by Crippen LogP contribution is 2.20. The van der Waals surface area contributed by atoms with Crippen molar-refractivity contribution in [3.8, 4) is 11.5 Å². The fraction of sp³-hybridized carbons (Fsp3) is 0.250. The van der Waals surface area contributed by atoms with Crippen molar-refractivity contribution in [2.45, 2.75) is 26.4 Å². The van der Waals surface area contributed by atoms with Gasteiger partial charge < -0.3 is 14.0 Å². The Morgan fingerprint density at radius 1 is 1.19 bits per heavy atom. The van der Waals surface area contributed by atoms with Crippen LogP contribution in [-0.4, -0.2) is 26.9 Å². The first-order valence-electron chi connectivity index (χ1n) is 8.71. The Bertz CT molecular complexity index is 949. The highest BCUT2D eigenvalue weighted by atomic mass is 16.5. The van der Waals surface area contributed by atoms with Gasteiger partial charge in [0, 0.05) is 18.6 Å². The first-order chi connectivity index (χ1) is 13.1. The molecule has 0 fully saturated rings. The minimum atomic E-state index is -0.666. The number of carbonyl (C=O) groups is 1. The van der Waals surface area contributed by atoms with E-state index in [1.54, 1.807) is 40.7 Å². The summed E-state index contributed by atoms with van der Waals surface area (Å²) in [7, 11) is 0. The zero-order valence-corrected chi connectivity index (χ0v) is 15.2. The molecule has 0 unspecified atom stereocenters. The molecule has 0 N–H and O–H groups in total. The second-order valence-corrected chi connectivity index (χ2v) is 6.03. The predicted molar refractivity (Wildman–Crippen MR) is 100 cm³/mol. The van der Waals surface area contributed by atoms with E-state index >= 15 is 0 Å². The molecule has 140 valence electrons. The molecule has 3 rings (SSSR count). The summed E-state index contributed by atoms with van der Waals surface area (Å²) < 4.78 is 14.3. The van der Waals surface area contributed by atoms with Crippen LogP contribution < -0.4 is 10.2 Å². The molecule has 27 heavy (non-hydrogen) atoms. The molecule has 2 aromatic heterocycles. The summed E-state index contributed by atoms with van der Waals surface area (Å²) in [5.74, 6) is -0.0815. The standard InChI is InChI=1S/C20H21N3O4/c1-3-26-20(25)17-13-22(15(2)12-23-11-7-10-21-23)14-18(19(17)24)27-16-8-5-4-6-9-16/h4-11,13-15H,3,12H2,1-2H3/t15-/m0/s1. The third-order valence-corrected chi connectivity index (χ3v) is 4.00. The normalized spacial score (nSPS) is 11.8. The smallest absolute Gasteiger partial charge is 0.343 e. The van der Waals surface area contributed by atoms with Crippen molar-refractivity contribution in [2.24, 2.45) is 0 Å². The summed E-state index contributed by atoms with van der Waals surface area (Å²) in [5.41, 5.74) is -0.558. The summed E-state index contributed by atoms with van der Waals surface area (Å²) in [5, 5.41) is 4.20. The zero-order chi connectivity index (χ0) is 19.2. The molecule has 7 heteroatoms. The molecule has 0 aliphatic heterocycles. The Kier molecular flexibility index (Phi) is 5.71. The maximum absolute atomic E-state index is 12.7. The molecule has 1 aromatic carbocycles. The van der Waals surface area contributed by atoms with Crippen molar-refractivity contribution in [1.82, 2.24) is 14.3 Å². The van der Waals surface area contributed by atoms with Crippen LogP contribution in [0.1, 0.15) is 30.2 Å². The minimum absolute atomic E-state index is 0.0578. The quantitative estimate of drug-likeness (QED) is 0.599. The van der Waals surface area contributed by atoms with E-state index in [1.807, 2.05) is 37.4 Å². The van der Waals surface area contributed by atoms with Gasteiger partial charge in [0.1, 0.15) is 11.3 Å². The van der Waals surface area contributed by atoms with Gasteiger partial charge in [-0.3, -0.25) is 9.48 Å². The van der Waals surface area contributed by atoms with Gasteiger partial charge in [-0.05, 0) is 32.0 Å². The van der Waals surface area contributed by atoms with E-state index in [0.29, 0.717) is 12.3 Å². The molecule has 0 amide bonds. The number of ether oxygens (including phenoxy) is 2. The highest BCUT2D eigenvalue weighted by molar-refractivity contribution is 5.89. The molecule has 0 saturated heterocycles. The van der Waals surface area contributed by atoms with Gasteiger partial charge in [0.2, 0.25) is 5.43 Å². The summed E-state index contributed by atoms with van der Waals surface area (Å²) >= 11 is 0. The number of carbonyl (C=O) groups excluding carboxylic acids is 1. The maximum atomic E-state index is 12.7. The molecular formula is C20H21N3O4. The first kappa shape index (κ1) is 18.4. The number of aromatic nitrogens is 3. The van der Waals surface area contributed by atoms with Gasteiger partial charge in [0.05, 0.1) is 25.4 Å². The van der Waals surface area contributed by atoms with Crippen LogP contribution in [-0.2, 0) is 11.3 Å². The van der Waals surface area contributed by atoms with E-state index in [0.717, 1.165) is 0 Å². The molecule has 0 spiro atoms. The van der Waals surface area contributed by atoms with Gasteiger partial charge in [-0.1, -0.05) is 18.2 Å². The maximum Gasteiger partial charge on any atom is 0.343 e. The molecule has 0 bridgehead atoms. The van der Waals surface area contributed by atoms with Crippen molar-refractivity contribution in [2.75, 3.05) is 6.61 Å². The van der Waals surface area contributed by atoms with Crippen LogP contribution in [0.25, 0.3) is 0 Å². The average molecular weight is 367 g/mol. The van der Waals surface area contributed by atoms with Gasteiger partial charge in [-0.25, -0.2) is 4.79 Å². The Hall–Kier alpha value is -3.35. The molecular weight excluding hydrogens is 346 g/mol. The number of esters is 1. The summed E-state index contributed by atoms with van der Waals surface area (Å²) in [4.78, 5) is 25.0. The second-order valence-electron chi connectivity index (χ2n) is 6.03. The Balaban J connectivity index is 1.99. The third-order valence-electron chi connectivity index (χ3n) is 4.00. The average Bonchev–Trinajstić information content (AvgIpc) is 3.17. The van der Waals surface area contributed by atoms with Gasteiger partial charge in [0.25, 0.3) is 0 Å². The van der Waals surface area contributed by atoms with Crippen molar-refractivity contribution in [1.29, 1.82) is 0 Å². The lowest BCUT2D eigenvalue weighted by molar-refractivity contribution is 0.0523. The molecule has 2 heterocycles. The summed E-state index contributed by atoms with van der Waals surface area (Å²) in [6.07, 6.45) is 6.66. The summed E-state index contributed by atoms with van der Waals surface area (Å²) in [6, 6.07) is 10.7. The van der Waals surface area contributed by atoms with E-state index in [1.165, 1.54) is 6.20 Å². The number of rotatable bonds is 7. The van der Waals surface area contributed by atoms with Gasteiger partial charge in [-0.2, -0.15) is 5.10 Å². The molecule has 3 aromatic rings. The molecule has 1 atom stereocenters. The number of hydrogen-bond acceptors (Lipinski definition) is 5. The van der Waals surface area contributed by atoms with Crippen molar-refractivity contribution in [3.63, 3.8) is 0 Å². The van der Waals surface area contributed by atoms with Gasteiger partial charge >= 0.3 is 5.97 Å². The minimum Gasteiger partial charge on any atom is -0.462 e. The Labute approximate surface area is 156 Å². The monoisotopic (exact) mass is 367 g/mol. The molecule has 0 aliphatic carbocycles.